The van der Waals surface area contributed by atoms with E-state index in [-0.39, 0.29) is 5.91 Å². The number of carboxylic acid groups (broad SMARTS) is 1. The Bertz CT molecular complexity index is 717. The van der Waals surface area contributed by atoms with E-state index in [4.69, 9.17) is 0 Å². The minimum Gasteiger partial charge on any atom is -0.479 e. The number of carbonyl (C=O) groups excluding carboxylic acids is 1. The second-order valence-electron chi connectivity index (χ2n) is 6.26. The smallest absolute Gasteiger partial charge is 0.331 e. The monoisotopic (exact) mass is 329 g/mol. The summed E-state index contributed by atoms with van der Waals surface area (Å²) in [5.74, 6) is -1.11. The van der Waals surface area contributed by atoms with Crippen LogP contribution in [0.4, 0.5) is 5.69 Å². The molecule has 2 N–H and O–H groups in total. The van der Waals surface area contributed by atoms with Crippen molar-refractivity contribution in [2.45, 2.75) is 45.6 Å². The summed E-state index contributed by atoms with van der Waals surface area (Å²) in [6.07, 6.45) is 5.00. The largest absolute Gasteiger partial charge is 0.479 e. The van der Waals surface area contributed by atoms with Gasteiger partial charge in [0.25, 0.3) is 0 Å². The molecule has 1 heterocycles. The molecular weight excluding hydrogens is 306 g/mol. The van der Waals surface area contributed by atoms with Gasteiger partial charge in [0.05, 0.1) is 11.9 Å². The van der Waals surface area contributed by atoms with Crippen LogP contribution in [0.5, 0.6) is 0 Å². The van der Waals surface area contributed by atoms with Crippen molar-refractivity contribution in [3.8, 4) is 0 Å². The molecule has 2 aromatic rings. The predicted octanol–water partition coefficient (Wildman–Crippen LogP) is 2.84. The fourth-order valence-electron chi connectivity index (χ4n) is 2.21. The van der Waals surface area contributed by atoms with Crippen molar-refractivity contribution in [3.05, 3.63) is 47.8 Å². The Labute approximate surface area is 141 Å². The van der Waals surface area contributed by atoms with Crippen molar-refractivity contribution in [3.63, 3.8) is 0 Å². The molecule has 0 atom stereocenters. The van der Waals surface area contributed by atoms with Gasteiger partial charge in [-0.15, -0.1) is 0 Å². The average Bonchev–Trinajstić information content (AvgIpc) is 3.02. The lowest BCUT2D eigenvalue weighted by Crippen LogP contribution is -2.35. The minimum atomic E-state index is -1.16. The fraction of sp³-hybridized carbons (Fsp3) is 0.389. The van der Waals surface area contributed by atoms with Crippen molar-refractivity contribution in [2.24, 2.45) is 0 Å². The lowest BCUT2D eigenvalue weighted by Gasteiger charge is -2.19. The summed E-state index contributed by atoms with van der Waals surface area (Å²) in [5, 5.41) is 16.0. The van der Waals surface area contributed by atoms with E-state index in [1.165, 1.54) is 22.6 Å². The number of carboxylic acids is 1. The van der Waals surface area contributed by atoms with E-state index in [2.05, 4.69) is 29.5 Å². The zero-order chi connectivity index (χ0) is 17.7. The molecule has 0 radical (unpaired) electrons. The summed E-state index contributed by atoms with van der Waals surface area (Å²) >= 11 is 0. The molecule has 0 saturated heterocycles. The predicted molar refractivity (Wildman–Crippen MR) is 92.0 cm³/mol. The van der Waals surface area contributed by atoms with Crippen LogP contribution < -0.4 is 5.32 Å². The number of hydrogen-bond acceptors (Lipinski definition) is 3. The van der Waals surface area contributed by atoms with Crippen molar-refractivity contribution >= 4 is 17.6 Å². The number of carbonyl (C=O) groups is 2. The fourth-order valence-corrected chi connectivity index (χ4v) is 2.21. The van der Waals surface area contributed by atoms with Crippen molar-refractivity contribution in [2.75, 3.05) is 5.32 Å². The van der Waals surface area contributed by atoms with Gasteiger partial charge in [-0.05, 0) is 37.8 Å². The second-order valence-corrected chi connectivity index (χ2v) is 6.26. The van der Waals surface area contributed by atoms with Gasteiger partial charge in [0.1, 0.15) is 0 Å². The van der Waals surface area contributed by atoms with Crippen LogP contribution in [0, 0.1) is 0 Å². The maximum atomic E-state index is 12.0. The maximum Gasteiger partial charge on any atom is 0.331 e. The third-order valence-electron chi connectivity index (χ3n) is 4.03. The van der Waals surface area contributed by atoms with Gasteiger partial charge in [-0.25, -0.2) is 4.79 Å². The maximum absolute atomic E-state index is 12.0. The van der Waals surface area contributed by atoms with Crippen molar-refractivity contribution in [1.82, 2.24) is 9.78 Å². The molecule has 0 fully saturated rings. The molecule has 0 aliphatic carbocycles. The molecule has 0 spiro atoms. The lowest BCUT2D eigenvalue weighted by atomic mass is 10.1. The highest BCUT2D eigenvalue weighted by molar-refractivity contribution is 5.90. The Kier molecular flexibility index (Phi) is 5.39. The topological polar surface area (TPSA) is 84.2 Å². The van der Waals surface area contributed by atoms with E-state index < -0.39 is 11.5 Å². The Morgan fingerprint density at radius 2 is 1.83 bits per heavy atom. The molecule has 0 aliphatic heterocycles. The van der Waals surface area contributed by atoms with Crippen LogP contribution in [0.15, 0.2) is 36.7 Å². The molecule has 1 amide bonds. The molecule has 0 aliphatic rings. The number of aromatic nitrogens is 2. The van der Waals surface area contributed by atoms with Gasteiger partial charge in [-0.3, -0.25) is 9.48 Å². The number of anilines is 1. The van der Waals surface area contributed by atoms with Gasteiger partial charge < -0.3 is 10.4 Å². The number of nitrogens with zero attached hydrogens (tertiary/aromatic N) is 2. The summed E-state index contributed by atoms with van der Waals surface area (Å²) in [6.45, 7) is 5.20. The third kappa shape index (κ3) is 4.22. The first-order valence-corrected chi connectivity index (χ1v) is 7.99. The summed E-state index contributed by atoms with van der Waals surface area (Å²) in [7, 11) is 0. The van der Waals surface area contributed by atoms with Gasteiger partial charge in [0, 0.05) is 12.6 Å². The first kappa shape index (κ1) is 17.7. The van der Waals surface area contributed by atoms with Crippen LogP contribution in [-0.2, 0) is 28.0 Å². The number of amides is 1. The van der Waals surface area contributed by atoms with E-state index in [9.17, 15) is 14.7 Å². The molecule has 2 rings (SSSR count). The molecule has 6 nitrogen and oxygen atoms in total. The first-order chi connectivity index (χ1) is 11.3. The van der Waals surface area contributed by atoms with E-state index in [0.717, 1.165) is 12.0 Å². The molecule has 24 heavy (non-hydrogen) atoms. The van der Waals surface area contributed by atoms with Crippen LogP contribution >= 0.6 is 0 Å². The molecule has 0 saturated carbocycles. The zero-order valence-electron chi connectivity index (χ0n) is 14.2. The first-order valence-electron chi connectivity index (χ1n) is 7.99. The molecule has 0 unspecified atom stereocenters. The molecule has 1 aromatic heterocycles. The second kappa shape index (κ2) is 7.29. The highest BCUT2D eigenvalue weighted by Crippen LogP contribution is 2.17. The van der Waals surface area contributed by atoms with Crippen molar-refractivity contribution < 1.29 is 14.7 Å². The van der Waals surface area contributed by atoms with Crippen molar-refractivity contribution in [1.29, 1.82) is 0 Å². The molecule has 1 aromatic carbocycles. The number of aliphatic carboxylic acids is 1. The van der Waals surface area contributed by atoms with Crippen LogP contribution in [0.25, 0.3) is 0 Å². The number of aryl methyl sites for hydroxylation is 2. The van der Waals surface area contributed by atoms with E-state index in [1.807, 2.05) is 12.1 Å². The van der Waals surface area contributed by atoms with Crippen LogP contribution in [-0.4, -0.2) is 26.8 Å². The van der Waals surface area contributed by atoms with Gasteiger partial charge in [-0.2, -0.15) is 5.10 Å². The summed E-state index contributed by atoms with van der Waals surface area (Å²) < 4.78 is 1.33. The normalized spacial score (nSPS) is 11.3. The minimum absolute atomic E-state index is 0.123. The quantitative estimate of drug-likeness (QED) is 0.818. The standard InChI is InChI=1S/C18H23N3O3/c1-4-13-5-7-14(8-6-13)9-10-16(22)20-15-11-19-21(12-15)18(2,3)17(23)24/h5-8,11-12H,4,9-10H2,1-3H3,(H,20,22)(H,23,24). The van der Waals surface area contributed by atoms with Crippen LogP contribution in [0.2, 0.25) is 0 Å². The molecule has 0 bridgehead atoms. The molecule has 6 heteroatoms. The number of rotatable bonds is 7. The highest BCUT2D eigenvalue weighted by Gasteiger charge is 2.30. The molecular formula is C18H23N3O3. The van der Waals surface area contributed by atoms with E-state index in [1.54, 1.807) is 13.8 Å². The van der Waals surface area contributed by atoms with Gasteiger partial charge in [0.2, 0.25) is 5.91 Å². The summed E-state index contributed by atoms with van der Waals surface area (Å²) in [4.78, 5) is 23.2. The summed E-state index contributed by atoms with van der Waals surface area (Å²) in [5.41, 5.74) is 1.72. The molecule has 128 valence electrons. The number of benzene rings is 1. The third-order valence-corrected chi connectivity index (χ3v) is 4.03. The van der Waals surface area contributed by atoms with Crippen LogP contribution in [0.3, 0.4) is 0 Å². The zero-order valence-corrected chi connectivity index (χ0v) is 14.2. The summed E-state index contributed by atoms with van der Waals surface area (Å²) in [6, 6.07) is 8.23. The Morgan fingerprint density at radius 1 is 1.21 bits per heavy atom. The Morgan fingerprint density at radius 3 is 2.42 bits per heavy atom. The highest BCUT2D eigenvalue weighted by atomic mass is 16.4. The average molecular weight is 329 g/mol. The van der Waals surface area contributed by atoms with E-state index in [0.29, 0.717) is 18.5 Å². The van der Waals surface area contributed by atoms with Gasteiger partial charge in [0.15, 0.2) is 5.54 Å². The number of hydrogen-bond donors (Lipinski definition) is 2. The number of nitrogens with one attached hydrogen (secondary N) is 1. The van der Waals surface area contributed by atoms with Gasteiger partial charge in [-0.1, -0.05) is 31.2 Å². The lowest BCUT2D eigenvalue weighted by molar-refractivity contribution is -0.146. The Balaban J connectivity index is 1.90. The van der Waals surface area contributed by atoms with Gasteiger partial charge >= 0.3 is 5.97 Å². The Hall–Kier alpha value is -2.63. The SMILES string of the molecule is CCc1ccc(CCC(=O)Nc2cnn(C(C)(C)C(=O)O)c2)cc1. The van der Waals surface area contributed by atoms with E-state index >= 15 is 0 Å². The van der Waals surface area contributed by atoms with Crippen LogP contribution in [0.1, 0.15) is 38.3 Å².